The second-order valence-electron chi connectivity index (χ2n) is 8.96. The molecule has 0 bridgehead atoms. The van der Waals surface area contributed by atoms with Crippen molar-refractivity contribution in [3.05, 3.63) is 108 Å². The number of para-hydroxylation sites is 2. The van der Waals surface area contributed by atoms with Crippen LogP contribution in [0.15, 0.2) is 107 Å². The van der Waals surface area contributed by atoms with Crippen molar-refractivity contribution in [1.82, 2.24) is 0 Å². The molecule has 4 aromatic rings. The molecule has 0 unspecified atom stereocenters. The second-order valence-corrected chi connectivity index (χ2v) is 12.7. The minimum absolute atomic E-state index is 0.231. The van der Waals surface area contributed by atoms with Crippen LogP contribution < -0.4 is 8.61 Å². The van der Waals surface area contributed by atoms with Crippen molar-refractivity contribution in [3.63, 3.8) is 0 Å². The van der Waals surface area contributed by atoms with Crippen LogP contribution in [0.4, 0.5) is 11.4 Å². The SMILES string of the molecule is O=S(=O)(c1ccc(-c2ccc(S(=O)(=O)N3CCc4ccccc43)cc2)cc1)N1CCc2ccccc21. The van der Waals surface area contributed by atoms with Gasteiger partial charge in [-0.3, -0.25) is 8.61 Å². The van der Waals surface area contributed by atoms with E-state index in [1.807, 2.05) is 48.5 Å². The average Bonchev–Trinajstić information content (AvgIpc) is 3.54. The highest BCUT2D eigenvalue weighted by molar-refractivity contribution is 7.93. The summed E-state index contributed by atoms with van der Waals surface area (Å²) in [6, 6.07) is 28.6. The minimum atomic E-state index is -3.66. The fraction of sp³-hybridized carbons (Fsp3) is 0.143. The van der Waals surface area contributed by atoms with E-state index in [0.29, 0.717) is 25.9 Å². The lowest BCUT2D eigenvalue weighted by Crippen LogP contribution is -2.29. The van der Waals surface area contributed by atoms with Gasteiger partial charge in [0.2, 0.25) is 0 Å². The molecule has 0 spiro atoms. The van der Waals surface area contributed by atoms with Crippen LogP contribution in [0.2, 0.25) is 0 Å². The number of fused-ring (bicyclic) bond motifs is 2. The molecule has 0 fully saturated rings. The van der Waals surface area contributed by atoms with Crippen LogP contribution in [-0.2, 0) is 32.9 Å². The van der Waals surface area contributed by atoms with Crippen LogP contribution in [-0.4, -0.2) is 29.9 Å². The van der Waals surface area contributed by atoms with Gasteiger partial charge in [0.15, 0.2) is 0 Å². The van der Waals surface area contributed by atoms with E-state index >= 15 is 0 Å². The van der Waals surface area contributed by atoms with Gasteiger partial charge in [-0.1, -0.05) is 60.7 Å². The van der Waals surface area contributed by atoms with Crippen LogP contribution in [0.1, 0.15) is 11.1 Å². The summed E-state index contributed by atoms with van der Waals surface area (Å²) in [5, 5.41) is 0. The number of anilines is 2. The van der Waals surface area contributed by atoms with Crippen molar-refractivity contribution >= 4 is 31.4 Å². The fourth-order valence-corrected chi connectivity index (χ4v) is 8.01. The Morgan fingerprint density at radius 3 is 1.22 bits per heavy atom. The summed E-state index contributed by atoms with van der Waals surface area (Å²) in [5.41, 5.74) is 5.16. The normalized spacial score (nSPS) is 15.1. The van der Waals surface area contributed by atoms with Gasteiger partial charge in [0.05, 0.1) is 21.2 Å². The topological polar surface area (TPSA) is 74.8 Å². The van der Waals surface area contributed by atoms with Crippen molar-refractivity contribution in [3.8, 4) is 11.1 Å². The Kier molecular flexibility index (Phi) is 5.39. The minimum Gasteiger partial charge on any atom is -0.266 e. The molecule has 0 N–H and O–H groups in total. The molecule has 2 heterocycles. The van der Waals surface area contributed by atoms with Gasteiger partial charge < -0.3 is 0 Å². The van der Waals surface area contributed by atoms with Gasteiger partial charge in [0, 0.05) is 13.1 Å². The molecule has 182 valence electrons. The molecule has 0 saturated heterocycles. The zero-order valence-corrected chi connectivity index (χ0v) is 21.0. The number of hydrogen-bond acceptors (Lipinski definition) is 4. The van der Waals surface area contributed by atoms with E-state index in [-0.39, 0.29) is 9.79 Å². The number of nitrogens with zero attached hydrogens (tertiary/aromatic N) is 2. The third-order valence-electron chi connectivity index (χ3n) is 6.91. The fourth-order valence-electron chi connectivity index (χ4n) is 5.01. The van der Waals surface area contributed by atoms with Crippen LogP contribution in [0.25, 0.3) is 11.1 Å². The molecule has 6 rings (SSSR count). The maximum Gasteiger partial charge on any atom is 0.264 e. The Labute approximate surface area is 211 Å². The Morgan fingerprint density at radius 2 is 0.833 bits per heavy atom. The van der Waals surface area contributed by atoms with Gasteiger partial charge in [-0.25, -0.2) is 16.8 Å². The van der Waals surface area contributed by atoms with Gasteiger partial charge in [-0.15, -0.1) is 0 Å². The predicted octanol–water partition coefficient (Wildman–Crippen LogP) is 4.86. The van der Waals surface area contributed by atoms with Crippen molar-refractivity contribution in [2.24, 2.45) is 0 Å². The summed E-state index contributed by atoms with van der Waals surface area (Å²) in [6.45, 7) is 0.863. The molecule has 2 aliphatic heterocycles. The van der Waals surface area contributed by atoms with Crippen molar-refractivity contribution in [1.29, 1.82) is 0 Å². The zero-order valence-electron chi connectivity index (χ0n) is 19.4. The van der Waals surface area contributed by atoms with E-state index in [4.69, 9.17) is 0 Å². The molecule has 4 aromatic carbocycles. The summed E-state index contributed by atoms with van der Waals surface area (Å²) in [6.07, 6.45) is 1.40. The Hall–Kier alpha value is -3.62. The van der Waals surface area contributed by atoms with E-state index in [1.165, 1.54) is 8.61 Å². The molecule has 2 aliphatic rings. The standard InChI is InChI=1S/C28H24N2O4S2/c31-35(32,29-19-17-23-5-1-3-7-27(23)29)25-13-9-21(10-14-25)22-11-15-26(16-12-22)36(33,34)30-20-18-24-6-2-4-8-28(24)30/h1-16H,17-20H2. The number of sulfonamides is 2. The molecule has 8 heteroatoms. The van der Waals surface area contributed by atoms with E-state index in [2.05, 4.69) is 0 Å². The maximum atomic E-state index is 13.3. The second kappa shape index (κ2) is 8.50. The lowest BCUT2D eigenvalue weighted by Gasteiger charge is -2.20. The van der Waals surface area contributed by atoms with E-state index in [1.54, 1.807) is 48.5 Å². The summed E-state index contributed by atoms with van der Waals surface area (Å²) >= 11 is 0. The average molecular weight is 517 g/mol. The molecule has 0 amide bonds. The van der Waals surface area contributed by atoms with Gasteiger partial charge >= 0.3 is 0 Å². The summed E-state index contributed by atoms with van der Waals surface area (Å²) in [7, 11) is -7.33. The van der Waals surface area contributed by atoms with Gasteiger partial charge in [-0.05, 0) is 71.5 Å². The van der Waals surface area contributed by atoms with E-state index in [9.17, 15) is 16.8 Å². The number of benzene rings is 4. The third-order valence-corrected chi connectivity index (χ3v) is 10.6. The molecular formula is C28H24N2O4S2. The Balaban J connectivity index is 1.24. The highest BCUT2D eigenvalue weighted by atomic mass is 32.2. The highest BCUT2D eigenvalue weighted by Crippen LogP contribution is 2.35. The van der Waals surface area contributed by atoms with Crippen LogP contribution in [0.5, 0.6) is 0 Å². The first kappa shape index (κ1) is 22.8. The van der Waals surface area contributed by atoms with Gasteiger partial charge in [0.25, 0.3) is 20.0 Å². The quantitative estimate of drug-likeness (QED) is 0.380. The first-order chi connectivity index (χ1) is 17.4. The number of rotatable bonds is 5. The third kappa shape index (κ3) is 3.68. The Bertz CT molecular complexity index is 1540. The Morgan fingerprint density at radius 1 is 0.472 bits per heavy atom. The van der Waals surface area contributed by atoms with Crippen molar-refractivity contribution in [2.45, 2.75) is 22.6 Å². The van der Waals surface area contributed by atoms with Crippen molar-refractivity contribution < 1.29 is 16.8 Å². The van der Waals surface area contributed by atoms with E-state index < -0.39 is 20.0 Å². The lowest BCUT2D eigenvalue weighted by molar-refractivity contribution is 0.590. The first-order valence-corrected chi connectivity index (χ1v) is 14.7. The van der Waals surface area contributed by atoms with Gasteiger partial charge in [-0.2, -0.15) is 0 Å². The smallest absolute Gasteiger partial charge is 0.264 e. The summed E-state index contributed by atoms with van der Waals surface area (Å²) in [4.78, 5) is 0.463. The molecule has 0 radical (unpaired) electrons. The van der Waals surface area contributed by atoms with Crippen molar-refractivity contribution in [2.75, 3.05) is 21.7 Å². The van der Waals surface area contributed by atoms with Crippen LogP contribution in [0.3, 0.4) is 0 Å². The molecule has 0 saturated carbocycles. The molecule has 0 aromatic heterocycles. The lowest BCUT2D eigenvalue weighted by atomic mass is 10.1. The first-order valence-electron chi connectivity index (χ1n) is 11.8. The van der Waals surface area contributed by atoms with Gasteiger partial charge in [0.1, 0.15) is 0 Å². The van der Waals surface area contributed by atoms with Crippen LogP contribution in [0, 0.1) is 0 Å². The molecule has 0 atom stereocenters. The summed E-state index contributed by atoms with van der Waals surface area (Å²) < 4.78 is 56.0. The molecular weight excluding hydrogens is 492 g/mol. The predicted molar refractivity (Wildman–Crippen MR) is 141 cm³/mol. The molecule has 6 nitrogen and oxygen atoms in total. The molecule has 36 heavy (non-hydrogen) atoms. The van der Waals surface area contributed by atoms with E-state index in [0.717, 1.165) is 33.6 Å². The van der Waals surface area contributed by atoms with Crippen LogP contribution >= 0.6 is 0 Å². The zero-order chi connectivity index (χ0) is 24.9. The monoisotopic (exact) mass is 516 g/mol. The maximum absolute atomic E-state index is 13.3. The largest absolute Gasteiger partial charge is 0.266 e. The molecule has 0 aliphatic carbocycles. The number of hydrogen-bond donors (Lipinski definition) is 0. The summed E-state index contributed by atoms with van der Waals surface area (Å²) in [5.74, 6) is 0. The highest BCUT2D eigenvalue weighted by Gasteiger charge is 2.31.